The fourth-order valence-electron chi connectivity index (χ4n) is 4.65. The second-order valence-electron chi connectivity index (χ2n) is 9.46. The van der Waals surface area contributed by atoms with Crippen LogP contribution in [-0.4, -0.2) is 31.1 Å². The van der Waals surface area contributed by atoms with Gasteiger partial charge in [-0.05, 0) is 49.7 Å². The molecule has 0 radical (unpaired) electrons. The average Bonchev–Trinajstić information content (AvgIpc) is 3.43. The number of aromatic nitrogens is 4. The van der Waals surface area contributed by atoms with E-state index in [1.807, 2.05) is 78.5 Å². The van der Waals surface area contributed by atoms with Gasteiger partial charge in [-0.25, -0.2) is 9.97 Å². The highest BCUT2D eigenvalue weighted by Crippen LogP contribution is 2.30. The molecule has 0 saturated heterocycles. The van der Waals surface area contributed by atoms with Gasteiger partial charge in [-0.3, -0.25) is 15.2 Å². The van der Waals surface area contributed by atoms with Gasteiger partial charge in [-0.15, -0.1) is 0 Å². The van der Waals surface area contributed by atoms with Crippen molar-refractivity contribution in [2.45, 2.75) is 13.3 Å². The second-order valence-corrected chi connectivity index (χ2v) is 9.46. The number of carbonyl (C=O) groups is 1. The largest absolute Gasteiger partial charge is 0.397 e. The fraction of sp³-hybridized carbons (Fsp3) is 0.0645. The standard InChI is InChI=1S/C31H26N8O/c1-19-17-39(18-35-19)28-16-34-15-27-23(28)10-12-26(37-27)29(33)30-24(32)11-13-25(38-30)21-8-5-9-22(14-21)36-31(40)20-6-3-2-4-7-20/h2-9,11-18,33,37H,10,32H2,1H3,(H,36,40). The summed E-state index contributed by atoms with van der Waals surface area (Å²) in [6, 6.07) is 20.0. The topological polar surface area (TPSA) is 135 Å². The second kappa shape index (κ2) is 10.3. The van der Waals surface area contributed by atoms with E-state index in [-0.39, 0.29) is 11.6 Å². The number of anilines is 3. The lowest BCUT2D eigenvalue weighted by Gasteiger charge is -2.22. The highest BCUT2D eigenvalue weighted by molar-refractivity contribution is 6.14. The van der Waals surface area contributed by atoms with Crippen LogP contribution >= 0.6 is 0 Å². The van der Waals surface area contributed by atoms with Gasteiger partial charge >= 0.3 is 0 Å². The Bertz CT molecular complexity index is 1790. The Morgan fingerprint density at radius 1 is 1.07 bits per heavy atom. The number of pyridine rings is 2. The van der Waals surface area contributed by atoms with E-state index in [4.69, 9.17) is 16.1 Å². The molecule has 0 fully saturated rings. The molecule has 0 aliphatic carbocycles. The maximum absolute atomic E-state index is 12.6. The van der Waals surface area contributed by atoms with Crippen LogP contribution in [0.15, 0.2) is 103 Å². The minimum absolute atomic E-state index is 0.183. The van der Waals surface area contributed by atoms with E-state index in [1.54, 1.807) is 30.7 Å². The molecule has 5 aromatic rings. The van der Waals surface area contributed by atoms with Crippen molar-refractivity contribution < 1.29 is 4.79 Å². The minimum atomic E-state index is -0.193. The summed E-state index contributed by atoms with van der Waals surface area (Å²) >= 11 is 0. The van der Waals surface area contributed by atoms with Gasteiger partial charge in [0.05, 0.1) is 52.9 Å². The molecule has 0 saturated carbocycles. The van der Waals surface area contributed by atoms with Gasteiger partial charge in [-0.2, -0.15) is 0 Å². The summed E-state index contributed by atoms with van der Waals surface area (Å²) in [6.45, 7) is 1.94. The molecular weight excluding hydrogens is 500 g/mol. The predicted molar refractivity (Wildman–Crippen MR) is 157 cm³/mol. The van der Waals surface area contributed by atoms with E-state index in [0.29, 0.717) is 40.4 Å². The highest BCUT2D eigenvalue weighted by atomic mass is 16.1. The molecule has 6 rings (SSSR count). The van der Waals surface area contributed by atoms with Gasteiger partial charge in [0, 0.05) is 28.6 Å². The Labute approximate surface area is 231 Å². The maximum atomic E-state index is 12.6. The normalized spacial score (nSPS) is 12.2. The van der Waals surface area contributed by atoms with Crippen molar-refractivity contribution in [2.24, 2.45) is 0 Å². The third-order valence-electron chi connectivity index (χ3n) is 6.69. The Kier molecular flexibility index (Phi) is 6.37. The molecule has 4 heterocycles. The SMILES string of the molecule is Cc1cn(-c2cncc3c2CC=C(C(=N)c2nc(-c4cccc(NC(=O)c5ccccc5)c4)ccc2N)N3)cn1. The molecule has 196 valence electrons. The van der Waals surface area contributed by atoms with Crippen LogP contribution in [0.25, 0.3) is 16.9 Å². The van der Waals surface area contributed by atoms with Crippen molar-refractivity contribution in [1.82, 2.24) is 19.5 Å². The number of nitrogens with one attached hydrogen (secondary N) is 3. The first-order valence-corrected chi connectivity index (χ1v) is 12.7. The lowest BCUT2D eigenvalue weighted by atomic mass is 10.0. The number of amides is 1. The number of fused-ring (bicyclic) bond motifs is 1. The first kappa shape index (κ1) is 24.7. The van der Waals surface area contributed by atoms with Crippen molar-refractivity contribution in [3.63, 3.8) is 0 Å². The first-order valence-electron chi connectivity index (χ1n) is 12.7. The van der Waals surface area contributed by atoms with Crippen LogP contribution in [0.3, 0.4) is 0 Å². The molecule has 9 heteroatoms. The van der Waals surface area contributed by atoms with Crippen LogP contribution in [0.4, 0.5) is 17.1 Å². The van der Waals surface area contributed by atoms with Crippen LogP contribution < -0.4 is 16.4 Å². The number of carbonyl (C=O) groups excluding carboxylic acids is 1. The van der Waals surface area contributed by atoms with Crippen molar-refractivity contribution in [1.29, 1.82) is 5.41 Å². The highest BCUT2D eigenvalue weighted by Gasteiger charge is 2.21. The number of aryl methyl sites for hydroxylation is 1. The Morgan fingerprint density at radius 2 is 1.93 bits per heavy atom. The van der Waals surface area contributed by atoms with Crippen molar-refractivity contribution in [2.75, 3.05) is 16.4 Å². The molecule has 1 aliphatic rings. The van der Waals surface area contributed by atoms with Gasteiger partial charge in [0.2, 0.25) is 0 Å². The molecule has 3 aromatic heterocycles. The molecule has 0 spiro atoms. The van der Waals surface area contributed by atoms with Crippen LogP contribution in [0, 0.1) is 12.3 Å². The summed E-state index contributed by atoms with van der Waals surface area (Å²) in [5.41, 5.74) is 14.2. The zero-order valence-corrected chi connectivity index (χ0v) is 21.7. The number of nitrogens with two attached hydrogens (primary N) is 1. The number of rotatable bonds is 6. The molecule has 9 nitrogen and oxygen atoms in total. The fourth-order valence-corrected chi connectivity index (χ4v) is 4.65. The number of nitrogens with zero attached hydrogens (tertiary/aromatic N) is 4. The molecule has 0 unspecified atom stereocenters. The molecule has 1 amide bonds. The summed E-state index contributed by atoms with van der Waals surface area (Å²) in [7, 11) is 0. The van der Waals surface area contributed by atoms with E-state index < -0.39 is 0 Å². The van der Waals surface area contributed by atoms with Crippen LogP contribution in [0.2, 0.25) is 0 Å². The van der Waals surface area contributed by atoms with Crippen LogP contribution in [-0.2, 0) is 6.42 Å². The summed E-state index contributed by atoms with van der Waals surface area (Å²) in [6.07, 6.45) is 9.86. The Balaban J connectivity index is 1.25. The van der Waals surface area contributed by atoms with E-state index in [9.17, 15) is 4.79 Å². The van der Waals surface area contributed by atoms with E-state index in [2.05, 4.69) is 20.6 Å². The summed E-state index contributed by atoms with van der Waals surface area (Å²) in [4.78, 5) is 26.1. The van der Waals surface area contributed by atoms with Crippen molar-refractivity contribution >= 4 is 28.7 Å². The molecule has 5 N–H and O–H groups in total. The van der Waals surface area contributed by atoms with E-state index in [1.165, 1.54) is 0 Å². The monoisotopic (exact) mass is 526 g/mol. The summed E-state index contributed by atoms with van der Waals surface area (Å²) in [5.74, 6) is -0.193. The molecule has 1 aliphatic heterocycles. The number of imidazole rings is 1. The quantitative estimate of drug-likeness (QED) is 0.219. The Hall–Kier alpha value is -5.57. The zero-order valence-electron chi connectivity index (χ0n) is 21.7. The molecule has 40 heavy (non-hydrogen) atoms. The van der Waals surface area contributed by atoms with Crippen LogP contribution in [0.1, 0.15) is 27.3 Å². The third-order valence-corrected chi connectivity index (χ3v) is 6.69. The smallest absolute Gasteiger partial charge is 0.255 e. The van der Waals surface area contributed by atoms with E-state index >= 15 is 0 Å². The van der Waals surface area contributed by atoms with Gasteiger partial charge in [-0.1, -0.05) is 36.4 Å². The minimum Gasteiger partial charge on any atom is -0.397 e. The molecule has 0 bridgehead atoms. The van der Waals surface area contributed by atoms with Crippen molar-refractivity contribution in [3.05, 3.63) is 126 Å². The number of nitrogen functional groups attached to an aromatic ring is 1. The average molecular weight is 527 g/mol. The van der Waals surface area contributed by atoms with Gasteiger partial charge in [0.1, 0.15) is 11.4 Å². The van der Waals surface area contributed by atoms with Gasteiger partial charge in [0.25, 0.3) is 5.91 Å². The number of benzene rings is 2. The Morgan fingerprint density at radius 3 is 2.73 bits per heavy atom. The predicted octanol–water partition coefficient (Wildman–Crippen LogP) is 5.39. The number of hydrogen-bond donors (Lipinski definition) is 4. The lowest BCUT2D eigenvalue weighted by Crippen LogP contribution is -2.20. The first-order chi connectivity index (χ1) is 19.5. The zero-order chi connectivity index (χ0) is 27.6. The van der Waals surface area contributed by atoms with Gasteiger partial charge in [0.15, 0.2) is 0 Å². The molecular formula is C31H26N8O. The molecule has 0 atom stereocenters. The van der Waals surface area contributed by atoms with Crippen molar-refractivity contribution in [3.8, 4) is 16.9 Å². The number of hydrogen-bond acceptors (Lipinski definition) is 7. The van der Waals surface area contributed by atoms with Gasteiger partial charge < -0.3 is 20.9 Å². The summed E-state index contributed by atoms with van der Waals surface area (Å²) in [5, 5.41) is 15.2. The summed E-state index contributed by atoms with van der Waals surface area (Å²) < 4.78 is 1.95. The van der Waals surface area contributed by atoms with E-state index in [0.717, 1.165) is 28.2 Å². The van der Waals surface area contributed by atoms with Crippen LogP contribution in [0.5, 0.6) is 0 Å². The third kappa shape index (κ3) is 4.83. The molecule has 2 aromatic carbocycles. The lowest BCUT2D eigenvalue weighted by molar-refractivity contribution is 0.102. The maximum Gasteiger partial charge on any atom is 0.255 e. The number of allylic oxidation sites excluding steroid dienone is 2.